The SMILES string of the molecule is COc1cc(Cl)c2c(C(=O)OCC34CCN(CC3)CC4)c[nH]c2c1. The molecule has 0 unspecified atom stereocenters. The number of nitrogens with zero attached hydrogens (tertiary/aromatic N) is 1. The summed E-state index contributed by atoms with van der Waals surface area (Å²) >= 11 is 6.33. The van der Waals surface area contributed by atoms with Crippen LogP contribution in [0.15, 0.2) is 18.3 Å². The quantitative estimate of drug-likeness (QED) is 0.859. The molecule has 3 aliphatic rings. The van der Waals surface area contributed by atoms with Crippen LogP contribution in [-0.2, 0) is 4.74 Å². The van der Waals surface area contributed by atoms with Crippen molar-refractivity contribution in [1.29, 1.82) is 0 Å². The van der Waals surface area contributed by atoms with E-state index in [9.17, 15) is 4.79 Å². The molecule has 0 amide bonds. The number of rotatable bonds is 4. The molecule has 3 saturated heterocycles. The maximum absolute atomic E-state index is 12.6. The molecule has 2 aromatic rings. The molecule has 128 valence electrons. The Hall–Kier alpha value is -1.72. The second-order valence-corrected chi connectivity index (χ2v) is 7.31. The number of esters is 1. The van der Waals surface area contributed by atoms with Gasteiger partial charge in [0.1, 0.15) is 5.75 Å². The molecule has 2 bridgehead atoms. The number of methoxy groups -OCH3 is 1. The third-order valence-corrected chi connectivity index (χ3v) is 5.84. The number of H-pyrrole nitrogens is 1. The van der Waals surface area contributed by atoms with Gasteiger partial charge < -0.3 is 19.4 Å². The normalized spacial score (nSPS) is 25.8. The second-order valence-electron chi connectivity index (χ2n) is 6.90. The van der Waals surface area contributed by atoms with Crippen LogP contribution in [-0.4, -0.2) is 49.2 Å². The van der Waals surface area contributed by atoms with Crippen LogP contribution in [0.4, 0.5) is 0 Å². The zero-order valence-corrected chi connectivity index (χ0v) is 14.5. The second kappa shape index (κ2) is 5.97. The first-order chi connectivity index (χ1) is 11.6. The van der Waals surface area contributed by atoms with Gasteiger partial charge in [0.15, 0.2) is 0 Å². The van der Waals surface area contributed by atoms with Gasteiger partial charge in [-0.2, -0.15) is 0 Å². The molecule has 5 rings (SSSR count). The van der Waals surface area contributed by atoms with Crippen LogP contribution in [0.1, 0.15) is 29.6 Å². The van der Waals surface area contributed by atoms with Gasteiger partial charge in [0.25, 0.3) is 0 Å². The fourth-order valence-corrected chi connectivity index (χ4v) is 4.19. The molecule has 1 aromatic heterocycles. The van der Waals surface area contributed by atoms with Crippen molar-refractivity contribution >= 4 is 28.5 Å². The van der Waals surface area contributed by atoms with Gasteiger partial charge in [-0.25, -0.2) is 4.79 Å². The molecule has 5 nitrogen and oxygen atoms in total. The average molecular weight is 349 g/mol. The minimum absolute atomic E-state index is 0.170. The molecule has 1 N–H and O–H groups in total. The number of carbonyl (C=O) groups is 1. The molecule has 1 aromatic carbocycles. The van der Waals surface area contributed by atoms with Crippen LogP contribution in [0, 0.1) is 5.41 Å². The molecule has 24 heavy (non-hydrogen) atoms. The number of hydrogen-bond donors (Lipinski definition) is 1. The van der Waals surface area contributed by atoms with Crippen LogP contribution < -0.4 is 4.74 Å². The highest BCUT2D eigenvalue weighted by molar-refractivity contribution is 6.37. The molecular weight excluding hydrogens is 328 g/mol. The number of benzene rings is 1. The molecule has 4 heterocycles. The number of nitrogens with one attached hydrogen (secondary N) is 1. The zero-order chi connectivity index (χ0) is 16.7. The van der Waals surface area contributed by atoms with Gasteiger partial charge in [-0.15, -0.1) is 0 Å². The van der Waals surface area contributed by atoms with Gasteiger partial charge in [-0.3, -0.25) is 0 Å². The number of hydrogen-bond acceptors (Lipinski definition) is 4. The lowest BCUT2D eigenvalue weighted by atomic mass is 9.73. The molecular formula is C18H21ClN2O3. The van der Waals surface area contributed by atoms with E-state index in [0.29, 0.717) is 28.3 Å². The van der Waals surface area contributed by atoms with Crippen molar-refractivity contribution < 1.29 is 14.3 Å². The van der Waals surface area contributed by atoms with Crippen molar-refractivity contribution in [2.24, 2.45) is 5.41 Å². The summed E-state index contributed by atoms with van der Waals surface area (Å²) in [5.41, 5.74) is 1.43. The van der Waals surface area contributed by atoms with Gasteiger partial charge in [0, 0.05) is 23.1 Å². The fourth-order valence-electron chi connectivity index (χ4n) is 3.88. The monoisotopic (exact) mass is 348 g/mol. The third kappa shape index (κ3) is 2.66. The highest BCUT2D eigenvalue weighted by atomic mass is 35.5. The molecule has 3 aliphatic heterocycles. The predicted molar refractivity (Wildman–Crippen MR) is 92.9 cm³/mol. The number of halogens is 1. The van der Waals surface area contributed by atoms with E-state index < -0.39 is 0 Å². The van der Waals surface area contributed by atoms with Gasteiger partial charge in [0.05, 0.1) is 29.8 Å². The Morgan fingerprint density at radius 2 is 2.00 bits per heavy atom. The topological polar surface area (TPSA) is 54.6 Å². The summed E-state index contributed by atoms with van der Waals surface area (Å²) in [6.45, 7) is 3.86. The Morgan fingerprint density at radius 1 is 1.29 bits per heavy atom. The Balaban J connectivity index is 1.53. The average Bonchev–Trinajstić information content (AvgIpc) is 3.06. The van der Waals surface area contributed by atoms with Crippen molar-refractivity contribution in [3.8, 4) is 5.75 Å². The zero-order valence-electron chi connectivity index (χ0n) is 13.7. The van der Waals surface area contributed by atoms with E-state index in [-0.39, 0.29) is 11.4 Å². The van der Waals surface area contributed by atoms with E-state index in [1.165, 1.54) is 0 Å². The van der Waals surface area contributed by atoms with Crippen molar-refractivity contribution in [1.82, 2.24) is 9.88 Å². The highest BCUT2D eigenvalue weighted by Gasteiger charge is 2.40. The lowest BCUT2D eigenvalue weighted by Gasteiger charge is -2.47. The lowest BCUT2D eigenvalue weighted by molar-refractivity contribution is -0.0304. The molecule has 6 heteroatoms. The number of ether oxygens (including phenoxy) is 2. The Morgan fingerprint density at radius 3 is 2.67 bits per heavy atom. The largest absolute Gasteiger partial charge is 0.497 e. The van der Waals surface area contributed by atoms with E-state index in [0.717, 1.165) is 44.4 Å². The molecule has 0 saturated carbocycles. The fraction of sp³-hybridized carbons (Fsp3) is 0.500. The van der Waals surface area contributed by atoms with Crippen LogP contribution in [0.5, 0.6) is 5.75 Å². The first-order valence-electron chi connectivity index (χ1n) is 8.34. The van der Waals surface area contributed by atoms with Gasteiger partial charge in [-0.05, 0) is 45.0 Å². The maximum atomic E-state index is 12.6. The van der Waals surface area contributed by atoms with E-state index in [1.807, 2.05) is 6.07 Å². The van der Waals surface area contributed by atoms with Crippen LogP contribution in [0.2, 0.25) is 5.02 Å². The molecule has 3 fully saturated rings. The first-order valence-corrected chi connectivity index (χ1v) is 8.72. The summed E-state index contributed by atoms with van der Waals surface area (Å²) in [6, 6.07) is 3.54. The third-order valence-electron chi connectivity index (χ3n) is 5.55. The number of fused-ring (bicyclic) bond motifs is 4. The lowest BCUT2D eigenvalue weighted by Crippen LogP contribution is -2.50. The van der Waals surface area contributed by atoms with Crippen LogP contribution >= 0.6 is 11.6 Å². The number of carbonyl (C=O) groups excluding carboxylic acids is 1. The predicted octanol–water partition coefficient (Wildman–Crippen LogP) is 3.47. The van der Waals surface area contributed by atoms with Gasteiger partial charge in [0.2, 0.25) is 0 Å². The maximum Gasteiger partial charge on any atom is 0.340 e. The standard InChI is InChI=1S/C18H21ClN2O3/c1-23-12-8-14(19)16-13(10-20-15(16)9-12)17(22)24-11-18-2-5-21(6-3-18)7-4-18/h8-10,20H,2-7,11H2,1H3. The summed E-state index contributed by atoms with van der Waals surface area (Å²) in [4.78, 5) is 18.2. The molecule has 0 spiro atoms. The number of piperidine rings is 3. The summed E-state index contributed by atoms with van der Waals surface area (Å²) in [5.74, 6) is 0.345. The summed E-state index contributed by atoms with van der Waals surface area (Å²) < 4.78 is 10.9. The Labute approximate surface area is 145 Å². The van der Waals surface area contributed by atoms with Gasteiger partial charge in [-0.1, -0.05) is 11.6 Å². The first kappa shape index (κ1) is 15.8. The molecule has 0 aliphatic carbocycles. The van der Waals surface area contributed by atoms with E-state index in [2.05, 4.69) is 9.88 Å². The smallest absolute Gasteiger partial charge is 0.340 e. The minimum Gasteiger partial charge on any atom is -0.497 e. The number of aromatic amines is 1. The summed E-state index contributed by atoms with van der Waals surface area (Å²) in [7, 11) is 1.59. The van der Waals surface area contributed by atoms with E-state index >= 15 is 0 Å². The minimum atomic E-state index is -0.310. The van der Waals surface area contributed by atoms with Gasteiger partial charge >= 0.3 is 5.97 Å². The van der Waals surface area contributed by atoms with Crippen LogP contribution in [0.3, 0.4) is 0 Å². The summed E-state index contributed by atoms with van der Waals surface area (Å²) in [6.07, 6.45) is 5.02. The molecule has 0 atom stereocenters. The highest BCUT2D eigenvalue weighted by Crippen LogP contribution is 2.40. The van der Waals surface area contributed by atoms with E-state index in [1.54, 1.807) is 19.4 Å². The number of aromatic nitrogens is 1. The van der Waals surface area contributed by atoms with Crippen molar-refractivity contribution in [2.75, 3.05) is 33.4 Å². The Bertz CT molecular complexity index is 764. The van der Waals surface area contributed by atoms with Crippen LogP contribution in [0.25, 0.3) is 10.9 Å². The summed E-state index contributed by atoms with van der Waals surface area (Å²) in [5, 5.41) is 1.18. The Kier molecular flexibility index (Phi) is 3.93. The van der Waals surface area contributed by atoms with E-state index in [4.69, 9.17) is 21.1 Å². The van der Waals surface area contributed by atoms with Crippen molar-refractivity contribution in [3.63, 3.8) is 0 Å². The van der Waals surface area contributed by atoms with Crippen molar-refractivity contribution in [2.45, 2.75) is 19.3 Å². The molecule has 0 radical (unpaired) electrons. The van der Waals surface area contributed by atoms with Crippen molar-refractivity contribution in [3.05, 3.63) is 28.9 Å².